The molecule has 180 valence electrons. The van der Waals surface area contributed by atoms with Crippen LogP contribution < -0.4 is 0 Å². The highest BCUT2D eigenvalue weighted by atomic mass is 35.5. The summed E-state index contributed by atoms with van der Waals surface area (Å²) in [5, 5.41) is 1.87. The first-order chi connectivity index (χ1) is 16.8. The van der Waals surface area contributed by atoms with Gasteiger partial charge in [-0.15, -0.1) is 0 Å². The zero-order valence-corrected chi connectivity index (χ0v) is 21.7. The molecule has 0 bridgehead atoms. The van der Waals surface area contributed by atoms with Gasteiger partial charge < -0.3 is 0 Å². The Morgan fingerprint density at radius 3 is 2.51 bits per heavy atom. The predicted molar refractivity (Wildman–Crippen MR) is 140 cm³/mol. The van der Waals surface area contributed by atoms with E-state index in [4.69, 9.17) is 28.2 Å². The van der Waals surface area contributed by atoms with Gasteiger partial charge in [-0.3, -0.25) is 4.57 Å². The van der Waals surface area contributed by atoms with Crippen molar-refractivity contribution in [2.75, 3.05) is 0 Å². The second-order valence-electron chi connectivity index (χ2n) is 9.13. The maximum Gasteiger partial charge on any atom is 0.173 e. The van der Waals surface area contributed by atoms with Crippen molar-refractivity contribution in [3.8, 4) is 5.69 Å². The summed E-state index contributed by atoms with van der Waals surface area (Å²) in [6, 6.07) is 17.3. The maximum absolute atomic E-state index is 14.5. The van der Waals surface area contributed by atoms with Crippen molar-refractivity contribution in [2.24, 2.45) is 5.92 Å². The summed E-state index contributed by atoms with van der Waals surface area (Å²) in [6.45, 7) is 4.25. The number of nitrogens with zero attached hydrogens (tertiary/aromatic N) is 2. The molecule has 0 aliphatic heterocycles. The molecule has 5 rings (SSSR count). The largest absolute Gasteiger partial charge is 0.291 e. The maximum atomic E-state index is 14.5. The predicted octanol–water partition coefficient (Wildman–Crippen LogP) is 8.77. The first-order valence-corrected chi connectivity index (χ1v) is 13.2. The summed E-state index contributed by atoms with van der Waals surface area (Å²) in [7, 11) is 0. The number of rotatable bonds is 5. The van der Waals surface area contributed by atoms with Crippen LogP contribution in [0.5, 0.6) is 0 Å². The minimum atomic E-state index is -0.335. The molecule has 0 saturated carbocycles. The van der Waals surface area contributed by atoms with Gasteiger partial charge in [-0.1, -0.05) is 60.1 Å². The highest BCUT2D eigenvalue weighted by molar-refractivity contribution is 7.98. The molecule has 3 aromatic carbocycles. The number of aromatic nitrogens is 2. The van der Waals surface area contributed by atoms with Gasteiger partial charge in [-0.25, -0.2) is 13.8 Å². The van der Waals surface area contributed by atoms with Crippen molar-refractivity contribution in [3.05, 3.63) is 110 Å². The van der Waals surface area contributed by atoms with E-state index in [-0.39, 0.29) is 17.6 Å². The van der Waals surface area contributed by atoms with Crippen LogP contribution in [0.3, 0.4) is 0 Å². The number of benzene rings is 3. The Bertz CT molecular complexity index is 1360. The van der Waals surface area contributed by atoms with E-state index in [1.807, 2.05) is 13.0 Å². The van der Waals surface area contributed by atoms with Crippen molar-refractivity contribution in [1.82, 2.24) is 9.55 Å². The van der Waals surface area contributed by atoms with E-state index in [9.17, 15) is 8.78 Å². The number of fused-ring (bicyclic) bond motifs is 1. The zero-order valence-electron chi connectivity index (χ0n) is 19.4. The Morgan fingerprint density at radius 1 is 1.03 bits per heavy atom. The van der Waals surface area contributed by atoms with Crippen LogP contribution >= 0.6 is 35.0 Å². The number of halogens is 4. The molecule has 1 heterocycles. The molecule has 0 spiro atoms. The van der Waals surface area contributed by atoms with Crippen molar-refractivity contribution in [2.45, 2.75) is 43.5 Å². The second kappa shape index (κ2) is 9.96. The van der Waals surface area contributed by atoms with Gasteiger partial charge in [0.15, 0.2) is 5.16 Å². The second-order valence-corrected chi connectivity index (χ2v) is 10.9. The van der Waals surface area contributed by atoms with E-state index in [2.05, 4.69) is 23.6 Å². The van der Waals surface area contributed by atoms with Crippen LogP contribution in [0.1, 0.15) is 47.3 Å². The van der Waals surface area contributed by atoms with E-state index >= 15 is 0 Å². The molecule has 0 fully saturated rings. The molecule has 2 atom stereocenters. The molecule has 0 radical (unpaired) electrons. The Morgan fingerprint density at radius 2 is 1.80 bits per heavy atom. The summed E-state index contributed by atoms with van der Waals surface area (Å²) >= 11 is 14.0. The first kappa shape index (κ1) is 24.4. The van der Waals surface area contributed by atoms with Crippen LogP contribution in [0.25, 0.3) is 5.69 Å². The van der Waals surface area contributed by atoms with Gasteiger partial charge in [0.05, 0.1) is 11.4 Å². The highest BCUT2D eigenvalue weighted by Crippen LogP contribution is 2.43. The Labute approximate surface area is 218 Å². The molecular weight excluding hydrogens is 505 g/mol. The lowest BCUT2D eigenvalue weighted by Crippen LogP contribution is -2.20. The Kier molecular flexibility index (Phi) is 6.93. The average molecular weight is 529 g/mol. The van der Waals surface area contributed by atoms with Crippen LogP contribution in [0.2, 0.25) is 10.0 Å². The normalized spacial score (nSPS) is 17.4. The van der Waals surface area contributed by atoms with E-state index in [0.29, 0.717) is 22.3 Å². The summed E-state index contributed by atoms with van der Waals surface area (Å²) < 4.78 is 30.4. The topological polar surface area (TPSA) is 17.8 Å². The summed E-state index contributed by atoms with van der Waals surface area (Å²) in [4.78, 5) is 5.03. The van der Waals surface area contributed by atoms with Gasteiger partial charge in [-0.2, -0.15) is 0 Å². The zero-order chi connectivity index (χ0) is 24.7. The van der Waals surface area contributed by atoms with Crippen LogP contribution in [-0.2, 0) is 12.2 Å². The van der Waals surface area contributed by atoms with Gasteiger partial charge in [-0.05, 0) is 79.3 Å². The number of hydrogen-bond donors (Lipinski definition) is 0. The van der Waals surface area contributed by atoms with Crippen LogP contribution in [-0.4, -0.2) is 9.55 Å². The van der Waals surface area contributed by atoms with E-state index in [1.54, 1.807) is 24.3 Å². The number of imidazole rings is 1. The van der Waals surface area contributed by atoms with E-state index < -0.39 is 0 Å². The number of thioether (sulfide) groups is 1. The minimum Gasteiger partial charge on any atom is -0.291 e. The lowest BCUT2D eigenvalue weighted by Gasteiger charge is -2.29. The quantitative estimate of drug-likeness (QED) is 0.241. The smallest absolute Gasteiger partial charge is 0.173 e. The third-order valence-electron chi connectivity index (χ3n) is 6.54. The lowest BCUT2D eigenvalue weighted by atomic mass is 9.79. The van der Waals surface area contributed by atoms with Crippen LogP contribution in [0, 0.1) is 24.5 Å². The van der Waals surface area contributed by atoms with Gasteiger partial charge >= 0.3 is 0 Å². The Hall–Kier alpha value is -2.34. The molecule has 1 aliphatic rings. The standard InChI is InChI=1S/C28H24Cl2F2N2S/c1-16-12-21(18-6-11-23(29)17(2)14-18)27-26(13-16)33-28(34(27)20-9-7-19(31)8-10-20)35-15-22-24(30)4-3-5-25(22)32/h3-11,14,16,21H,12-13,15H2,1-2H3. The molecule has 0 N–H and O–H groups in total. The summed E-state index contributed by atoms with van der Waals surface area (Å²) in [5.74, 6) is 0.252. The third kappa shape index (κ3) is 4.87. The fraction of sp³-hybridized carbons (Fsp3) is 0.250. The van der Waals surface area contributed by atoms with Gasteiger partial charge in [0.1, 0.15) is 11.6 Å². The molecule has 4 aromatic rings. The first-order valence-electron chi connectivity index (χ1n) is 11.5. The Balaban J connectivity index is 1.64. The fourth-order valence-corrected chi connectivity index (χ4v) is 6.31. The molecular formula is C28H24Cl2F2N2S. The number of aryl methyl sites for hydroxylation is 1. The third-order valence-corrected chi connectivity index (χ3v) is 8.29. The molecule has 2 nitrogen and oxygen atoms in total. The highest BCUT2D eigenvalue weighted by Gasteiger charge is 2.33. The molecule has 2 unspecified atom stereocenters. The van der Waals surface area contributed by atoms with Crippen molar-refractivity contribution in [1.29, 1.82) is 0 Å². The summed E-state index contributed by atoms with van der Waals surface area (Å²) in [5.41, 5.74) is 5.60. The van der Waals surface area contributed by atoms with Crippen molar-refractivity contribution >= 4 is 35.0 Å². The van der Waals surface area contributed by atoms with E-state index in [0.717, 1.165) is 45.7 Å². The molecule has 1 aliphatic carbocycles. The number of hydrogen-bond acceptors (Lipinski definition) is 2. The fourth-order valence-electron chi connectivity index (χ4n) is 4.81. The molecule has 1 aromatic heterocycles. The van der Waals surface area contributed by atoms with Crippen molar-refractivity contribution in [3.63, 3.8) is 0 Å². The summed E-state index contributed by atoms with van der Waals surface area (Å²) in [6.07, 6.45) is 1.81. The SMILES string of the molecule is Cc1cc(C2CC(C)Cc3nc(SCc4c(F)cccc4Cl)n(-c4ccc(F)cc4)c32)ccc1Cl. The molecule has 7 heteroatoms. The van der Waals surface area contributed by atoms with Crippen molar-refractivity contribution < 1.29 is 8.78 Å². The van der Waals surface area contributed by atoms with Gasteiger partial charge in [0.25, 0.3) is 0 Å². The monoisotopic (exact) mass is 528 g/mol. The van der Waals surface area contributed by atoms with E-state index in [1.165, 1.54) is 35.5 Å². The molecule has 0 saturated heterocycles. The van der Waals surface area contributed by atoms with Crippen LogP contribution in [0.4, 0.5) is 8.78 Å². The van der Waals surface area contributed by atoms with Crippen LogP contribution in [0.15, 0.2) is 65.8 Å². The van der Waals surface area contributed by atoms with Gasteiger partial charge in [0.2, 0.25) is 0 Å². The minimum absolute atomic E-state index is 0.105. The molecule has 35 heavy (non-hydrogen) atoms. The van der Waals surface area contributed by atoms with Gasteiger partial charge in [0, 0.05) is 33.0 Å². The average Bonchev–Trinajstić information content (AvgIpc) is 3.18. The molecule has 0 amide bonds. The lowest BCUT2D eigenvalue weighted by molar-refractivity contribution is 0.450.